The molecule has 2 aromatic carbocycles. The Morgan fingerprint density at radius 1 is 1.06 bits per heavy atom. The minimum atomic E-state index is -4.42. The van der Waals surface area contributed by atoms with Crippen LogP contribution in [0.15, 0.2) is 62.7 Å². The van der Waals surface area contributed by atoms with Crippen molar-refractivity contribution in [1.29, 1.82) is 0 Å². The lowest BCUT2D eigenvalue weighted by atomic mass is 10.2. The maximum atomic E-state index is 12.6. The molecule has 0 unspecified atom stereocenters. The van der Waals surface area contributed by atoms with Gasteiger partial charge in [-0.15, -0.1) is 0 Å². The minimum absolute atomic E-state index is 0.0426. The van der Waals surface area contributed by atoms with E-state index < -0.39 is 11.7 Å². The SMILES string of the molecule is O=C(CCc1nc(CSc2nc3ccccc3o2)no1)Nc1ccc(C(F)(F)F)cc1. The van der Waals surface area contributed by atoms with Crippen molar-refractivity contribution >= 4 is 34.5 Å². The van der Waals surface area contributed by atoms with Gasteiger partial charge in [-0.2, -0.15) is 18.2 Å². The number of anilines is 1. The number of aryl methyl sites for hydroxylation is 1. The third-order valence-electron chi connectivity index (χ3n) is 4.17. The number of oxazole rings is 1. The van der Waals surface area contributed by atoms with Crippen molar-refractivity contribution in [2.75, 3.05) is 5.32 Å². The second kappa shape index (κ2) is 8.80. The van der Waals surface area contributed by atoms with Gasteiger partial charge in [0.2, 0.25) is 11.8 Å². The first-order chi connectivity index (χ1) is 14.9. The molecule has 7 nitrogen and oxygen atoms in total. The Hall–Kier alpha value is -3.34. The van der Waals surface area contributed by atoms with Crippen LogP contribution >= 0.6 is 11.8 Å². The molecule has 4 rings (SSSR count). The van der Waals surface area contributed by atoms with Gasteiger partial charge in [0.05, 0.1) is 11.3 Å². The predicted octanol–water partition coefficient (Wildman–Crippen LogP) is 5.09. The smallest absolute Gasteiger partial charge is 0.416 e. The summed E-state index contributed by atoms with van der Waals surface area (Å²) in [4.78, 5) is 20.6. The number of aromatic nitrogens is 3. The van der Waals surface area contributed by atoms with Gasteiger partial charge in [0.1, 0.15) is 5.52 Å². The van der Waals surface area contributed by atoms with Crippen LogP contribution in [-0.2, 0) is 23.1 Å². The van der Waals surface area contributed by atoms with Crippen molar-refractivity contribution < 1.29 is 26.9 Å². The van der Waals surface area contributed by atoms with E-state index in [1.807, 2.05) is 24.3 Å². The number of carbonyl (C=O) groups excluding carboxylic acids is 1. The van der Waals surface area contributed by atoms with Gasteiger partial charge in [0, 0.05) is 18.5 Å². The molecule has 0 saturated carbocycles. The number of alkyl halides is 3. The molecule has 1 N–H and O–H groups in total. The average Bonchev–Trinajstić information content (AvgIpc) is 3.37. The molecule has 0 spiro atoms. The Morgan fingerprint density at radius 2 is 1.84 bits per heavy atom. The van der Waals surface area contributed by atoms with E-state index in [0.717, 1.165) is 17.6 Å². The number of rotatable bonds is 7. The van der Waals surface area contributed by atoms with Crippen molar-refractivity contribution in [3.05, 3.63) is 65.8 Å². The molecular formula is C20H15F3N4O3S. The molecule has 11 heteroatoms. The van der Waals surface area contributed by atoms with Crippen LogP contribution in [-0.4, -0.2) is 21.0 Å². The molecule has 0 aliphatic carbocycles. The number of thioether (sulfide) groups is 1. The summed E-state index contributed by atoms with van der Waals surface area (Å²) in [5.41, 5.74) is 0.953. The van der Waals surface area contributed by atoms with Crippen molar-refractivity contribution in [3.8, 4) is 0 Å². The summed E-state index contributed by atoms with van der Waals surface area (Å²) in [5, 5.41) is 6.89. The number of para-hydroxylation sites is 2. The number of fused-ring (bicyclic) bond motifs is 1. The fourth-order valence-electron chi connectivity index (χ4n) is 2.68. The van der Waals surface area contributed by atoms with E-state index in [1.165, 1.54) is 23.9 Å². The van der Waals surface area contributed by atoms with Gasteiger partial charge in [-0.05, 0) is 36.4 Å². The molecule has 0 atom stereocenters. The third kappa shape index (κ3) is 5.43. The van der Waals surface area contributed by atoms with Gasteiger partial charge in [0.15, 0.2) is 11.4 Å². The van der Waals surface area contributed by atoms with Gasteiger partial charge in [-0.25, -0.2) is 4.98 Å². The van der Waals surface area contributed by atoms with Gasteiger partial charge < -0.3 is 14.3 Å². The summed E-state index contributed by atoms with van der Waals surface area (Å²) in [6.45, 7) is 0. The van der Waals surface area contributed by atoms with Crippen molar-refractivity contribution in [1.82, 2.24) is 15.1 Å². The van der Waals surface area contributed by atoms with Crippen LogP contribution in [0.4, 0.5) is 18.9 Å². The molecule has 1 amide bonds. The first-order valence-corrected chi connectivity index (χ1v) is 10.1. The average molecular weight is 448 g/mol. The highest BCUT2D eigenvalue weighted by atomic mass is 32.2. The molecule has 160 valence electrons. The number of carbonyl (C=O) groups is 1. The number of amides is 1. The van der Waals surface area contributed by atoms with E-state index in [1.54, 1.807) is 0 Å². The summed E-state index contributed by atoms with van der Waals surface area (Å²) < 4.78 is 48.5. The van der Waals surface area contributed by atoms with Gasteiger partial charge in [0.25, 0.3) is 5.22 Å². The highest BCUT2D eigenvalue weighted by molar-refractivity contribution is 7.98. The highest BCUT2D eigenvalue weighted by Crippen LogP contribution is 2.30. The maximum absolute atomic E-state index is 12.6. The standard InChI is InChI=1S/C20H15F3N4O3S/c21-20(22,23)12-5-7-13(8-6-12)24-17(28)9-10-18-26-16(27-30-18)11-31-19-25-14-3-1-2-4-15(14)29-19/h1-8H,9-11H2,(H,24,28). The van der Waals surface area contributed by atoms with Crippen LogP contribution in [0.1, 0.15) is 23.7 Å². The van der Waals surface area contributed by atoms with E-state index in [-0.39, 0.29) is 30.3 Å². The maximum Gasteiger partial charge on any atom is 0.416 e. The largest absolute Gasteiger partial charge is 0.431 e. The number of benzene rings is 2. The van der Waals surface area contributed by atoms with Gasteiger partial charge in [-0.1, -0.05) is 29.1 Å². The van der Waals surface area contributed by atoms with Crippen LogP contribution in [0, 0.1) is 0 Å². The first-order valence-electron chi connectivity index (χ1n) is 9.14. The Kier molecular flexibility index (Phi) is 5.94. The molecule has 31 heavy (non-hydrogen) atoms. The van der Waals surface area contributed by atoms with Gasteiger partial charge in [-0.3, -0.25) is 4.79 Å². The molecule has 0 fully saturated rings. The van der Waals surface area contributed by atoms with Crippen LogP contribution in [0.25, 0.3) is 11.1 Å². The number of nitrogens with zero attached hydrogens (tertiary/aromatic N) is 3. The summed E-state index contributed by atoms with van der Waals surface area (Å²) in [7, 11) is 0. The predicted molar refractivity (Wildman–Crippen MR) is 106 cm³/mol. The molecule has 4 aromatic rings. The monoisotopic (exact) mass is 448 g/mol. The molecule has 2 heterocycles. The van der Waals surface area contributed by atoms with E-state index in [2.05, 4.69) is 20.4 Å². The number of halogens is 3. The zero-order valence-corrected chi connectivity index (χ0v) is 16.7. The molecule has 0 aliphatic heterocycles. The van der Waals surface area contributed by atoms with Crippen LogP contribution in [0.3, 0.4) is 0 Å². The number of hydrogen-bond acceptors (Lipinski definition) is 7. The summed E-state index contributed by atoms with van der Waals surface area (Å²) in [5.74, 6) is 0.732. The lowest BCUT2D eigenvalue weighted by Gasteiger charge is -2.08. The van der Waals surface area contributed by atoms with Crippen LogP contribution in [0.5, 0.6) is 0 Å². The Morgan fingerprint density at radius 3 is 2.58 bits per heavy atom. The summed E-state index contributed by atoms with van der Waals surface area (Å²) in [6, 6.07) is 11.6. The second-order valence-corrected chi connectivity index (χ2v) is 7.39. The third-order valence-corrected chi connectivity index (χ3v) is 5.00. The Balaban J connectivity index is 1.25. The molecule has 2 aromatic heterocycles. The van der Waals surface area contributed by atoms with Crippen molar-refractivity contribution in [2.24, 2.45) is 0 Å². The lowest BCUT2D eigenvalue weighted by Crippen LogP contribution is -2.13. The van der Waals surface area contributed by atoms with E-state index >= 15 is 0 Å². The van der Waals surface area contributed by atoms with E-state index in [0.29, 0.717) is 22.4 Å². The summed E-state index contributed by atoms with van der Waals surface area (Å²) >= 11 is 1.32. The number of hydrogen-bond donors (Lipinski definition) is 1. The van der Waals surface area contributed by atoms with E-state index in [4.69, 9.17) is 8.94 Å². The zero-order chi connectivity index (χ0) is 21.8. The van der Waals surface area contributed by atoms with Crippen LogP contribution < -0.4 is 5.32 Å². The summed E-state index contributed by atoms with van der Waals surface area (Å²) in [6.07, 6.45) is -4.18. The van der Waals surface area contributed by atoms with E-state index in [9.17, 15) is 18.0 Å². The quantitative estimate of drug-likeness (QED) is 0.394. The molecule has 0 saturated heterocycles. The lowest BCUT2D eigenvalue weighted by molar-refractivity contribution is -0.137. The minimum Gasteiger partial charge on any atom is -0.431 e. The fraction of sp³-hybridized carbons (Fsp3) is 0.200. The Bertz CT molecular complexity index is 1160. The molecule has 0 bridgehead atoms. The first kappa shape index (κ1) is 20.9. The zero-order valence-electron chi connectivity index (χ0n) is 15.8. The molecular weight excluding hydrogens is 433 g/mol. The molecule has 0 radical (unpaired) electrons. The van der Waals surface area contributed by atoms with Crippen LogP contribution in [0.2, 0.25) is 0 Å². The topological polar surface area (TPSA) is 94.0 Å². The van der Waals surface area contributed by atoms with Crippen molar-refractivity contribution in [2.45, 2.75) is 30.0 Å². The second-order valence-electron chi connectivity index (χ2n) is 6.46. The fourth-order valence-corrected chi connectivity index (χ4v) is 3.36. The Labute approximate surface area is 178 Å². The van der Waals surface area contributed by atoms with Crippen molar-refractivity contribution in [3.63, 3.8) is 0 Å². The van der Waals surface area contributed by atoms with Gasteiger partial charge >= 0.3 is 6.18 Å². The molecule has 0 aliphatic rings. The number of nitrogens with one attached hydrogen (secondary N) is 1. The normalized spacial score (nSPS) is 11.7. The highest BCUT2D eigenvalue weighted by Gasteiger charge is 2.30.